The summed E-state index contributed by atoms with van der Waals surface area (Å²) in [4.78, 5) is 12.1. The van der Waals surface area contributed by atoms with Gasteiger partial charge in [0.1, 0.15) is 18.1 Å². The van der Waals surface area contributed by atoms with Crippen LogP contribution < -0.4 is 10.5 Å². The molecular formula is C19H16N6O4. The molecule has 10 heteroatoms. The van der Waals surface area contributed by atoms with E-state index in [1.54, 1.807) is 24.3 Å². The number of anilines is 1. The first kappa shape index (κ1) is 18.2. The van der Waals surface area contributed by atoms with Gasteiger partial charge in [-0.3, -0.25) is 0 Å². The topological polar surface area (TPSA) is 131 Å². The number of methoxy groups -OCH3 is 1. The van der Waals surface area contributed by atoms with Crippen molar-refractivity contribution in [3.63, 3.8) is 0 Å². The molecule has 0 spiro atoms. The van der Waals surface area contributed by atoms with Gasteiger partial charge in [0, 0.05) is 5.56 Å². The molecule has 2 aromatic carbocycles. The van der Waals surface area contributed by atoms with Gasteiger partial charge in [0.15, 0.2) is 5.69 Å². The molecule has 146 valence electrons. The van der Waals surface area contributed by atoms with Crippen LogP contribution in [0, 0.1) is 0 Å². The minimum atomic E-state index is -0.648. The maximum absolute atomic E-state index is 12.1. The average molecular weight is 392 g/mol. The van der Waals surface area contributed by atoms with Gasteiger partial charge < -0.3 is 15.2 Å². The van der Waals surface area contributed by atoms with E-state index < -0.39 is 5.97 Å². The van der Waals surface area contributed by atoms with E-state index in [-0.39, 0.29) is 17.3 Å². The van der Waals surface area contributed by atoms with Crippen LogP contribution in [0.1, 0.15) is 16.1 Å². The summed E-state index contributed by atoms with van der Waals surface area (Å²) < 4.78 is 16.5. The molecule has 0 bridgehead atoms. The van der Waals surface area contributed by atoms with E-state index in [2.05, 4.69) is 25.3 Å². The number of aromatic nitrogens is 5. The largest absolute Gasteiger partial charge is 0.489 e. The molecule has 2 aromatic heterocycles. The van der Waals surface area contributed by atoms with Gasteiger partial charge in [-0.1, -0.05) is 35.5 Å². The lowest BCUT2D eigenvalue weighted by Crippen LogP contribution is -2.07. The highest BCUT2D eigenvalue weighted by atomic mass is 16.6. The number of carbonyl (C=O) groups is 1. The van der Waals surface area contributed by atoms with E-state index in [4.69, 9.17) is 15.2 Å². The van der Waals surface area contributed by atoms with Crippen molar-refractivity contribution >= 4 is 11.8 Å². The SMILES string of the molecule is COC(=O)c1nnn(-c2nonc2N)c1-c1ccc(OCc2ccccc2)cc1. The second-order valence-electron chi connectivity index (χ2n) is 5.96. The second kappa shape index (κ2) is 7.80. The standard InChI is InChI=1S/C19H16N6O4/c1-27-19(26)15-16(25(24-21-15)18-17(20)22-29-23-18)13-7-9-14(10-8-13)28-11-12-5-3-2-4-6-12/h2-10H,11H2,1H3,(H2,20,22). The van der Waals surface area contributed by atoms with Crippen LogP contribution >= 0.6 is 0 Å². The van der Waals surface area contributed by atoms with Gasteiger partial charge in [-0.25, -0.2) is 9.42 Å². The number of esters is 1. The van der Waals surface area contributed by atoms with Crippen LogP contribution in [0.4, 0.5) is 5.82 Å². The molecule has 10 nitrogen and oxygen atoms in total. The van der Waals surface area contributed by atoms with Gasteiger partial charge >= 0.3 is 5.97 Å². The Hall–Kier alpha value is -4.21. The van der Waals surface area contributed by atoms with Crippen molar-refractivity contribution in [2.45, 2.75) is 6.61 Å². The van der Waals surface area contributed by atoms with Crippen molar-refractivity contribution in [2.24, 2.45) is 0 Å². The van der Waals surface area contributed by atoms with Crippen molar-refractivity contribution in [2.75, 3.05) is 12.8 Å². The zero-order valence-corrected chi connectivity index (χ0v) is 15.3. The second-order valence-corrected chi connectivity index (χ2v) is 5.96. The van der Waals surface area contributed by atoms with Gasteiger partial charge in [0.2, 0.25) is 11.6 Å². The fourth-order valence-corrected chi connectivity index (χ4v) is 2.71. The quantitative estimate of drug-likeness (QED) is 0.491. The maximum atomic E-state index is 12.1. The Balaban J connectivity index is 1.66. The summed E-state index contributed by atoms with van der Waals surface area (Å²) in [6.45, 7) is 0.439. The third-order valence-electron chi connectivity index (χ3n) is 4.12. The Labute approximate surface area is 164 Å². The zero-order valence-electron chi connectivity index (χ0n) is 15.3. The number of nitrogen functional groups attached to an aromatic ring is 1. The van der Waals surface area contributed by atoms with E-state index in [0.717, 1.165) is 5.56 Å². The Kier molecular flexibility index (Phi) is 4.89. The first-order chi connectivity index (χ1) is 14.2. The molecule has 0 unspecified atom stereocenters. The van der Waals surface area contributed by atoms with Gasteiger partial charge in [-0.05, 0) is 40.1 Å². The summed E-state index contributed by atoms with van der Waals surface area (Å²) in [5.74, 6) is 0.145. The minimum Gasteiger partial charge on any atom is -0.489 e. The van der Waals surface area contributed by atoms with Gasteiger partial charge in [-0.15, -0.1) is 5.10 Å². The predicted octanol–water partition coefficient (Wildman–Crippen LogP) is 2.27. The van der Waals surface area contributed by atoms with Crippen LogP contribution in [-0.4, -0.2) is 38.4 Å². The number of nitrogens with zero attached hydrogens (tertiary/aromatic N) is 5. The molecule has 0 fully saturated rings. The molecule has 29 heavy (non-hydrogen) atoms. The molecule has 2 N–H and O–H groups in total. The molecule has 0 amide bonds. The summed E-state index contributed by atoms with van der Waals surface area (Å²) in [5, 5.41) is 15.1. The number of benzene rings is 2. The molecule has 0 saturated carbocycles. The van der Waals surface area contributed by atoms with Crippen LogP contribution in [-0.2, 0) is 11.3 Å². The summed E-state index contributed by atoms with van der Waals surface area (Å²) in [5.41, 5.74) is 7.80. The lowest BCUT2D eigenvalue weighted by Gasteiger charge is -2.09. The number of rotatable bonds is 6. The molecule has 0 atom stereocenters. The molecule has 0 radical (unpaired) electrons. The predicted molar refractivity (Wildman–Crippen MR) is 101 cm³/mol. The van der Waals surface area contributed by atoms with Crippen LogP contribution in [0.25, 0.3) is 17.1 Å². The Bertz CT molecular complexity index is 1120. The van der Waals surface area contributed by atoms with E-state index in [1.807, 2.05) is 30.3 Å². The first-order valence-electron chi connectivity index (χ1n) is 8.57. The highest BCUT2D eigenvalue weighted by Crippen LogP contribution is 2.28. The van der Waals surface area contributed by atoms with Crippen LogP contribution in [0.3, 0.4) is 0 Å². The van der Waals surface area contributed by atoms with Crippen molar-refractivity contribution in [1.29, 1.82) is 0 Å². The minimum absolute atomic E-state index is 0.00727. The van der Waals surface area contributed by atoms with E-state index in [9.17, 15) is 4.79 Å². The number of nitrogens with two attached hydrogens (primary N) is 1. The van der Waals surface area contributed by atoms with Crippen molar-refractivity contribution in [3.8, 4) is 22.8 Å². The monoisotopic (exact) mass is 392 g/mol. The Morgan fingerprint density at radius 3 is 2.52 bits per heavy atom. The fraction of sp³-hybridized carbons (Fsp3) is 0.105. The van der Waals surface area contributed by atoms with E-state index in [1.165, 1.54) is 11.8 Å². The summed E-state index contributed by atoms with van der Waals surface area (Å²) >= 11 is 0. The normalized spacial score (nSPS) is 10.7. The molecular weight excluding hydrogens is 376 g/mol. The molecule has 0 saturated heterocycles. The summed E-state index contributed by atoms with van der Waals surface area (Å²) in [7, 11) is 1.26. The van der Waals surface area contributed by atoms with Crippen molar-refractivity contribution in [3.05, 3.63) is 65.9 Å². The zero-order chi connectivity index (χ0) is 20.2. The lowest BCUT2D eigenvalue weighted by molar-refractivity contribution is 0.0595. The van der Waals surface area contributed by atoms with E-state index >= 15 is 0 Å². The summed E-state index contributed by atoms with van der Waals surface area (Å²) in [6, 6.07) is 16.9. The van der Waals surface area contributed by atoms with Crippen molar-refractivity contribution in [1.82, 2.24) is 25.3 Å². The average Bonchev–Trinajstić information content (AvgIpc) is 3.38. The molecule has 0 aliphatic carbocycles. The first-order valence-corrected chi connectivity index (χ1v) is 8.57. The van der Waals surface area contributed by atoms with Gasteiger partial charge in [0.05, 0.1) is 7.11 Å². The third kappa shape index (κ3) is 3.63. The molecule has 0 aliphatic heterocycles. The van der Waals surface area contributed by atoms with Gasteiger partial charge in [0.25, 0.3) is 0 Å². The number of hydrogen-bond acceptors (Lipinski definition) is 9. The van der Waals surface area contributed by atoms with Crippen molar-refractivity contribution < 1.29 is 18.9 Å². The molecule has 0 aliphatic rings. The molecule has 2 heterocycles. The van der Waals surface area contributed by atoms with E-state index in [0.29, 0.717) is 23.6 Å². The van der Waals surface area contributed by atoms with Gasteiger partial charge in [-0.2, -0.15) is 4.68 Å². The Morgan fingerprint density at radius 2 is 1.86 bits per heavy atom. The fourth-order valence-electron chi connectivity index (χ4n) is 2.71. The lowest BCUT2D eigenvalue weighted by atomic mass is 10.1. The Morgan fingerprint density at radius 1 is 1.10 bits per heavy atom. The molecule has 4 rings (SSSR count). The van der Waals surface area contributed by atoms with Crippen LogP contribution in [0.5, 0.6) is 5.75 Å². The number of hydrogen-bond donors (Lipinski definition) is 1. The van der Waals surface area contributed by atoms with Crippen LogP contribution in [0.15, 0.2) is 59.2 Å². The smallest absolute Gasteiger partial charge is 0.360 e. The third-order valence-corrected chi connectivity index (χ3v) is 4.12. The number of carbonyl (C=O) groups excluding carboxylic acids is 1. The van der Waals surface area contributed by atoms with Crippen LogP contribution in [0.2, 0.25) is 0 Å². The maximum Gasteiger partial charge on any atom is 0.360 e. The number of ether oxygens (including phenoxy) is 2. The highest BCUT2D eigenvalue weighted by molar-refractivity contribution is 5.94. The highest BCUT2D eigenvalue weighted by Gasteiger charge is 2.25. The summed E-state index contributed by atoms with van der Waals surface area (Å²) in [6.07, 6.45) is 0. The molecule has 4 aromatic rings.